The molecule has 1 heterocycles. The van der Waals surface area contributed by atoms with Gasteiger partial charge in [0.15, 0.2) is 0 Å². The molecule has 2 rings (SSSR count). The topological polar surface area (TPSA) is 22.1 Å². The fraction of sp³-hybridized carbons (Fsp3) is 0.154. The molecule has 0 radical (unpaired) electrons. The lowest BCUT2D eigenvalue weighted by Gasteiger charge is -2.08. The summed E-state index contributed by atoms with van der Waals surface area (Å²) in [5.41, 5.74) is 1.75. The van der Waals surface area contributed by atoms with Crippen LogP contribution in [0.4, 0.5) is 0 Å². The van der Waals surface area contributed by atoms with Gasteiger partial charge in [0, 0.05) is 16.8 Å². The van der Waals surface area contributed by atoms with Crippen LogP contribution in [0.1, 0.15) is 11.1 Å². The zero-order valence-corrected chi connectivity index (χ0v) is 11.9. The third-order valence-corrected chi connectivity index (χ3v) is 3.40. The monoisotopic (exact) mass is 301 g/mol. The fourth-order valence-electron chi connectivity index (χ4n) is 1.41. The van der Waals surface area contributed by atoms with Crippen LogP contribution in [0.2, 0.25) is 15.2 Å². The van der Waals surface area contributed by atoms with Crippen molar-refractivity contribution in [3.63, 3.8) is 0 Å². The number of aryl methyl sites for hydroxylation is 1. The highest BCUT2D eigenvalue weighted by molar-refractivity contribution is 6.34. The maximum atomic E-state index is 6.03. The summed E-state index contributed by atoms with van der Waals surface area (Å²) in [5.74, 6) is 0.739. The van der Waals surface area contributed by atoms with E-state index in [1.807, 2.05) is 19.1 Å². The molecule has 0 N–H and O–H groups in total. The second-order valence-corrected chi connectivity index (χ2v) is 5.00. The third kappa shape index (κ3) is 3.29. The van der Waals surface area contributed by atoms with E-state index in [0.29, 0.717) is 21.8 Å². The molecule has 0 fully saturated rings. The van der Waals surface area contributed by atoms with E-state index in [0.717, 1.165) is 16.9 Å². The van der Waals surface area contributed by atoms with Gasteiger partial charge in [0.1, 0.15) is 17.5 Å². The number of hydrogen-bond acceptors (Lipinski definition) is 2. The maximum Gasteiger partial charge on any atom is 0.130 e. The van der Waals surface area contributed by atoms with Crippen LogP contribution < -0.4 is 4.74 Å². The van der Waals surface area contributed by atoms with Gasteiger partial charge in [0.2, 0.25) is 0 Å². The van der Waals surface area contributed by atoms with Crippen molar-refractivity contribution in [3.05, 3.63) is 56.8 Å². The first kappa shape index (κ1) is 13.5. The van der Waals surface area contributed by atoms with Gasteiger partial charge in [-0.2, -0.15) is 0 Å². The number of ether oxygens (including phenoxy) is 1. The lowest BCUT2D eigenvalue weighted by Crippen LogP contribution is -1.97. The summed E-state index contributed by atoms with van der Waals surface area (Å²) in [7, 11) is 0. The summed E-state index contributed by atoms with van der Waals surface area (Å²) in [6.07, 6.45) is 1.60. The Morgan fingerprint density at radius 3 is 2.56 bits per heavy atom. The average molecular weight is 303 g/mol. The summed E-state index contributed by atoms with van der Waals surface area (Å²) in [6.45, 7) is 2.26. The quantitative estimate of drug-likeness (QED) is 0.750. The second-order valence-electron chi connectivity index (χ2n) is 3.80. The summed E-state index contributed by atoms with van der Waals surface area (Å²) in [4.78, 5) is 3.96. The van der Waals surface area contributed by atoms with Gasteiger partial charge in [0.25, 0.3) is 0 Å². The van der Waals surface area contributed by atoms with Crippen LogP contribution in [0.5, 0.6) is 5.75 Å². The van der Waals surface area contributed by atoms with E-state index >= 15 is 0 Å². The van der Waals surface area contributed by atoms with Gasteiger partial charge >= 0.3 is 0 Å². The Labute approximate surface area is 120 Å². The van der Waals surface area contributed by atoms with Gasteiger partial charge in [-0.1, -0.05) is 34.8 Å². The zero-order chi connectivity index (χ0) is 13.1. The molecule has 0 aliphatic rings. The molecule has 0 spiro atoms. The first-order valence-electron chi connectivity index (χ1n) is 5.25. The van der Waals surface area contributed by atoms with Crippen molar-refractivity contribution in [2.45, 2.75) is 13.5 Å². The van der Waals surface area contributed by atoms with Crippen molar-refractivity contribution >= 4 is 34.8 Å². The van der Waals surface area contributed by atoms with E-state index in [1.165, 1.54) is 0 Å². The first-order chi connectivity index (χ1) is 8.56. The number of hydrogen-bond donors (Lipinski definition) is 0. The van der Waals surface area contributed by atoms with Crippen LogP contribution in [0.3, 0.4) is 0 Å². The van der Waals surface area contributed by atoms with Gasteiger partial charge in [-0.05, 0) is 36.8 Å². The number of halogens is 3. The second kappa shape index (κ2) is 5.79. The van der Waals surface area contributed by atoms with E-state index in [4.69, 9.17) is 39.5 Å². The van der Waals surface area contributed by atoms with Gasteiger partial charge < -0.3 is 4.74 Å². The normalized spacial score (nSPS) is 10.4. The fourth-order valence-corrected chi connectivity index (χ4v) is 1.95. The molecule has 2 aromatic rings. The minimum atomic E-state index is 0.337. The minimum Gasteiger partial charge on any atom is -0.489 e. The lowest BCUT2D eigenvalue weighted by molar-refractivity contribution is 0.305. The number of rotatable bonds is 3. The van der Waals surface area contributed by atoms with Crippen LogP contribution in [-0.2, 0) is 6.61 Å². The van der Waals surface area contributed by atoms with Gasteiger partial charge in [0.05, 0.1) is 5.02 Å². The highest BCUT2D eigenvalue weighted by Gasteiger charge is 2.04. The molecule has 0 bridgehead atoms. The molecule has 94 valence electrons. The number of aromatic nitrogens is 1. The lowest BCUT2D eigenvalue weighted by atomic mass is 10.2. The summed E-state index contributed by atoms with van der Waals surface area (Å²) in [6, 6.07) is 7.08. The Kier molecular flexibility index (Phi) is 4.33. The van der Waals surface area contributed by atoms with Crippen molar-refractivity contribution in [3.8, 4) is 5.75 Å². The van der Waals surface area contributed by atoms with E-state index in [1.54, 1.807) is 18.3 Å². The molecule has 0 aliphatic heterocycles. The minimum absolute atomic E-state index is 0.337. The van der Waals surface area contributed by atoms with Crippen molar-refractivity contribution in [2.24, 2.45) is 0 Å². The molecule has 0 saturated heterocycles. The highest BCUT2D eigenvalue weighted by Crippen LogP contribution is 2.24. The summed E-state index contributed by atoms with van der Waals surface area (Å²) in [5, 5.41) is 1.63. The van der Waals surface area contributed by atoms with Crippen LogP contribution >= 0.6 is 34.8 Å². The predicted octanol–water partition coefficient (Wildman–Crippen LogP) is 4.93. The van der Waals surface area contributed by atoms with Crippen LogP contribution in [-0.4, -0.2) is 4.98 Å². The molecule has 0 saturated carbocycles. The van der Waals surface area contributed by atoms with Gasteiger partial charge in [-0.3, -0.25) is 0 Å². The van der Waals surface area contributed by atoms with Crippen LogP contribution in [0.25, 0.3) is 0 Å². The third-order valence-electron chi connectivity index (χ3n) is 2.42. The first-order valence-corrected chi connectivity index (χ1v) is 6.38. The SMILES string of the molecule is Cc1cc(OCc2cnc(Cl)cc2Cl)ccc1Cl. The Morgan fingerprint density at radius 1 is 1.11 bits per heavy atom. The largest absolute Gasteiger partial charge is 0.489 e. The molecular weight excluding hydrogens is 293 g/mol. The van der Waals surface area contributed by atoms with Crippen molar-refractivity contribution < 1.29 is 4.74 Å². The van der Waals surface area contributed by atoms with Gasteiger partial charge in [-0.25, -0.2) is 4.98 Å². The van der Waals surface area contributed by atoms with Crippen LogP contribution in [0.15, 0.2) is 30.5 Å². The average Bonchev–Trinajstić information content (AvgIpc) is 2.32. The molecule has 2 nitrogen and oxygen atoms in total. The zero-order valence-electron chi connectivity index (χ0n) is 9.58. The molecule has 0 amide bonds. The van der Waals surface area contributed by atoms with E-state index in [-0.39, 0.29) is 0 Å². The van der Waals surface area contributed by atoms with Crippen molar-refractivity contribution in [2.75, 3.05) is 0 Å². The molecular formula is C13H10Cl3NO. The summed E-state index contributed by atoms with van der Waals surface area (Å²) >= 11 is 17.7. The Balaban J connectivity index is 2.09. The number of nitrogens with zero attached hydrogens (tertiary/aromatic N) is 1. The standard InChI is InChI=1S/C13H10Cl3NO/c1-8-4-10(2-3-11(8)14)18-7-9-6-17-13(16)5-12(9)15/h2-6H,7H2,1H3. The van der Waals surface area contributed by atoms with E-state index in [9.17, 15) is 0 Å². The van der Waals surface area contributed by atoms with E-state index < -0.39 is 0 Å². The molecule has 5 heteroatoms. The van der Waals surface area contributed by atoms with Crippen molar-refractivity contribution in [1.82, 2.24) is 4.98 Å². The van der Waals surface area contributed by atoms with Crippen molar-refractivity contribution in [1.29, 1.82) is 0 Å². The van der Waals surface area contributed by atoms with E-state index in [2.05, 4.69) is 4.98 Å². The number of benzene rings is 1. The summed E-state index contributed by atoms with van der Waals surface area (Å²) < 4.78 is 5.62. The molecule has 0 aliphatic carbocycles. The number of pyridine rings is 1. The molecule has 0 unspecified atom stereocenters. The Bertz CT molecular complexity index is 572. The molecule has 0 atom stereocenters. The molecule has 18 heavy (non-hydrogen) atoms. The maximum absolute atomic E-state index is 6.03. The molecule has 1 aromatic carbocycles. The Morgan fingerprint density at radius 2 is 1.89 bits per heavy atom. The van der Waals surface area contributed by atoms with Crippen LogP contribution in [0, 0.1) is 6.92 Å². The molecule has 1 aromatic heterocycles. The predicted molar refractivity (Wildman–Crippen MR) is 74.8 cm³/mol. The highest BCUT2D eigenvalue weighted by atomic mass is 35.5. The smallest absolute Gasteiger partial charge is 0.130 e. The van der Waals surface area contributed by atoms with Gasteiger partial charge in [-0.15, -0.1) is 0 Å². The Hall–Kier alpha value is -0.960.